The van der Waals surface area contributed by atoms with Gasteiger partial charge in [-0.2, -0.15) is 0 Å². The van der Waals surface area contributed by atoms with Gasteiger partial charge in [0.15, 0.2) is 5.78 Å². The van der Waals surface area contributed by atoms with Gasteiger partial charge in [-0.1, -0.05) is 25.1 Å². The maximum Gasteiger partial charge on any atom is 0.224 e. The molecule has 3 atom stereocenters. The van der Waals surface area contributed by atoms with Crippen molar-refractivity contribution >= 4 is 17.5 Å². The Morgan fingerprint density at radius 2 is 2.08 bits per heavy atom. The molecule has 2 aliphatic rings. The molecule has 1 fully saturated rings. The third-order valence-corrected chi connectivity index (χ3v) is 5.80. The Hall–Kier alpha value is -1.97. The standard InChI is InChI=1S/C21H27NO3/c1-3-14-6-4-7-15-8-5-9-16(10-18(14)15)20(24)12-17-11-19(13(2)23)22-21(17)25/h4,6-7,16-17,19H,3,5,8-12H2,1-2H3,(H,22,25)/t16?,17-,19-/m0/s1. The lowest BCUT2D eigenvalue weighted by atomic mass is 9.85. The highest BCUT2D eigenvalue weighted by Gasteiger charge is 2.37. The molecule has 1 saturated heterocycles. The van der Waals surface area contributed by atoms with Crippen LogP contribution in [-0.4, -0.2) is 23.5 Å². The van der Waals surface area contributed by atoms with Gasteiger partial charge in [0.1, 0.15) is 5.78 Å². The van der Waals surface area contributed by atoms with Crippen molar-refractivity contribution in [3.8, 4) is 0 Å². The van der Waals surface area contributed by atoms with E-state index in [0.717, 1.165) is 32.1 Å². The first-order chi connectivity index (χ1) is 12.0. The van der Waals surface area contributed by atoms with Gasteiger partial charge in [0, 0.05) is 18.3 Å². The van der Waals surface area contributed by atoms with E-state index in [9.17, 15) is 14.4 Å². The van der Waals surface area contributed by atoms with Gasteiger partial charge in [-0.15, -0.1) is 0 Å². The lowest BCUT2D eigenvalue weighted by molar-refractivity contribution is -0.129. The summed E-state index contributed by atoms with van der Waals surface area (Å²) in [5.41, 5.74) is 4.07. The molecule has 1 unspecified atom stereocenters. The summed E-state index contributed by atoms with van der Waals surface area (Å²) in [6.07, 6.45) is 5.44. The normalized spacial score (nSPS) is 25.8. The third-order valence-electron chi connectivity index (χ3n) is 5.80. The van der Waals surface area contributed by atoms with Crippen LogP contribution in [-0.2, 0) is 33.6 Å². The van der Waals surface area contributed by atoms with Crippen LogP contribution in [0.25, 0.3) is 0 Å². The molecular weight excluding hydrogens is 314 g/mol. The summed E-state index contributed by atoms with van der Waals surface area (Å²) in [5.74, 6) is -0.331. The molecule has 1 aliphatic heterocycles. The number of nitrogens with one attached hydrogen (secondary N) is 1. The van der Waals surface area contributed by atoms with Gasteiger partial charge in [-0.05, 0) is 62.1 Å². The van der Waals surface area contributed by atoms with Crippen molar-refractivity contribution in [3.63, 3.8) is 0 Å². The summed E-state index contributed by atoms with van der Waals surface area (Å²) in [6, 6.07) is 6.05. The predicted molar refractivity (Wildman–Crippen MR) is 96.3 cm³/mol. The molecule has 1 amide bonds. The van der Waals surface area contributed by atoms with Crippen LogP contribution < -0.4 is 5.32 Å². The molecule has 1 aromatic carbocycles. The second-order valence-electron chi connectivity index (χ2n) is 7.48. The van der Waals surface area contributed by atoms with Crippen LogP contribution in [0.1, 0.15) is 56.2 Å². The predicted octanol–water partition coefficient (Wildman–Crippen LogP) is 2.80. The number of fused-ring (bicyclic) bond motifs is 1. The molecule has 0 bridgehead atoms. The molecule has 1 N–H and O–H groups in total. The summed E-state index contributed by atoms with van der Waals surface area (Å²) >= 11 is 0. The largest absolute Gasteiger partial charge is 0.346 e. The number of aryl methyl sites for hydroxylation is 2. The van der Waals surface area contributed by atoms with Crippen LogP contribution in [0.15, 0.2) is 18.2 Å². The summed E-state index contributed by atoms with van der Waals surface area (Å²) in [4.78, 5) is 36.4. The maximum absolute atomic E-state index is 12.9. The van der Waals surface area contributed by atoms with Crippen LogP contribution >= 0.6 is 0 Å². The Balaban J connectivity index is 1.70. The molecule has 4 heteroatoms. The zero-order chi connectivity index (χ0) is 18.0. The van der Waals surface area contributed by atoms with Gasteiger partial charge < -0.3 is 5.32 Å². The van der Waals surface area contributed by atoms with Crippen molar-refractivity contribution in [3.05, 3.63) is 34.9 Å². The lowest BCUT2D eigenvalue weighted by Crippen LogP contribution is -2.31. The zero-order valence-electron chi connectivity index (χ0n) is 15.1. The van der Waals surface area contributed by atoms with Gasteiger partial charge in [-0.3, -0.25) is 14.4 Å². The Labute approximate surface area is 149 Å². The molecule has 0 aromatic heterocycles. The number of carbonyl (C=O) groups is 3. The van der Waals surface area contributed by atoms with Crippen LogP contribution in [0.5, 0.6) is 0 Å². The fraction of sp³-hybridized carbons (Fsp3) is 0.571. The first-order valence-electron chi connectivity index (χ1n) is 9.42. The topological polar surface area (TPSA) is 63.2 Å². The van der Waals surface area contributed by atoms with Crippen LogP contribution in [0, 0.1) is 11.8 Å². The van der Waals surface area contributed by atoms with E-state index in [2.05, 4.69) is 30.4 Å². The summed E-state index contributed by atoms with van der Waals surface area (Å²) in [6.45, 7) is 3.64. The number of ketones is 2. The number of hydrogen-bond acceptors (Lipinski definition) is 3. The van der Waals surface area contributed by atoms with Gasteiger partial charge in [-0.25, -0.2) is 0 Å². The minimum absolute atomic E-state index is 0.00173. The van der Waals surface area contributed by atoms with Gasteiger partial charge in [0.2, 0.25) is 5.91 Å². The fourth-order valence-electron chi connectivity index (χ4n) is 4.27. The van der Waals surface area contributed by atoms with E-state index in [1.165, 1.54) is 23.6 Å². The minimum Gasteiger partial charge on any atom is -0.346 e. The van der Waals surface area contributed by atoms with Crippen molar-refractivity contribution in [2.24, 2.45) is 11.8 Å². The highest BCUT2D eigenvalue weighted by Crippen LogP contribution is 2.30. The number of benzene rings is 1. The molecular formula is C21H27NO3. The molecule has 25 heavy (non-hydrogen) atoms. The zero-order valence-corrected chi connectivity index (χ0v) is 15.1. The van der Waals surface area contributed by atoms with Crippen molar-refractivity contribution < 1.29 is 14.4 Å². The first kappa shape index (κ1) is 17.8. The molecule has 1 aliphatic carbocycles. The Morgan fingerprint density at radius 3 is 2.76 bits per heavy atom. The smallest absolute Gasteiger partial charge is 0.224 e. The first-order valence-corrected chi connectivity index (χ1v) is 9.42. The average Bonchev–Trinajstić information content (AvgIpc) is 2.82. The molecule has 1 heterocycles. The van der Waals surface area contributed by atoms with Crippen LogP contribution in [0.3, 0.4) is 0 Å². The number of amides is 1. The highest BCUT2D eigenvalue weighted by atomic mass is 16.2. The van der Waals surface area contributed by atoms with Crippen molar-refractivity contribution in [2.75, 3.05) is 0 Å². The molecule has 4 nitrogen and oxygen atoms in total. The average molecular weight is 341 g/mol. The van der Waals surface area contributed by atoms with E-state index in [0.29, 0.717) is 6.42 Å². The Kier molecular flexibility index (Phi) is 5.36. The fourth-order valence-corrected chi connectivity index (χ4v) is 4.27. The molecule has 1 aromatic rings. The second kappa shape index (κ2) is 7.51. The van der Waals surface area contributed by atoms with Crippen LogP contribution in [0.4, 0.5) is 0 Å². The van der Waals surface area contributed by atoms with E-state index in [-0.39, 0.29) is 35.7 Å². The van der Waals surface area contributed by atoms with E-state index >= 15 is 0 Å². The number of carbonyl (C=O) groups excluding carboxylic acids is 3. The molecule has 3 rings (SSSR count). The van der Waals surface area contributed by atoms with Gasteiger partial charge >= 0.3 is 0 Å². The van der Waals surface area contributed by atoms with Gasteiger partial charge in [0.05, 0.1) is 6.04 Å². The quantitative estimate of drug-likeness (QED) is 0.838. The Morgan fingerprint density at radius 1 is 1.28 bits per heavy atom. The number of Topliss-reactive ketones (excluding diaryl/α,β-unsaturated/α-hetero) is 2. The molecule has 134 valence electrons. The second-order valence-corrected chi connectivity index (χ2v) is 7.48. The van der Waals surface area contributed by atoms with Crippen LogP contribution in [0.2, 0.25) is 0 Å². The summed E-state index contributed by atoms with van der Waals surface area (Å²) in [7, 11) is 0. The van der Waals surface area contributed by atoms with Crippen molar-refractivity contribution in [1.29, 1.82) is 0 Å². The van der Waals surface area contributed by atoms with E-state index in [1.807, 2.05) is 0 Å². The van der Waals surface area contributed by atoms with E-state index < -0.39 is 6.04 Å². The van der Waals surface area contributed by atoms with Crippen molar-refractivity contribution in [1.82, 2.24) is 5.32 Å². The third kappa shape index (κ3) is 3.83. The van der Waals surface area contributed by atoms with Gasteiger partial charge in [0.25, 0.3) is 0 Å². The van der Waals surface area contributed by atoms with E-state index in [1.54, 1.807) is 0 Å². The van der Waals surface area contributed by atoms with E-state index in [4.69, 9.17) is 0 Å². The summed E-state index contributed by atoms with van der Waals surface area (Å²) < 4.78 is 0. The molecule has 0 radical (unpaired) electrons. The monoisotopic (exact) mass is 341 g/mol. The maximum atomic E-state index is 12.9. The molecule has 0 saturated carbocycles. The minimum atomic E-state index is -0.410. The Bertz CT molecular complexity index is 694. The summed E-state index contributed by atoms with van der Waals surface area (Å²) in [5, 5.41) is 2.72. The SMILES string of the molecule is CCc1cccc2c1CC(C(=O)C[C@@H]1C[C@@H](C(C)=O)NC1=O)CCC2. The number of rotatable bonds is 5. The highest BCUT2D eigenvalue weighted by molar-refractivity contribution is 5.94. The number of hydrogen-bond donors (Lipinski definition) is 1. The van der Waals surface area contributed by atoms with Crippen molar-refractivity contribution in [2.45, 2.75) is 64.8 Å². The lowest BCUT2D eigenvalue weighted by Gasteiger charge is -2.17. The molecule has 0 spiro atoms.